The van der Waals surface area contributed by atoms with Gasteiger partial charge < -0.3 is 10.0 Å². The minimum absolute atomic E-state index is 0.139. The monoisotopic (exact) mass is 271 g/mol. The number of aliphatic hydroxyl groups excluding tert-OH is 1. The lowest BCUT2D eigenvalue weighted by Crippen LogP contribution is -2.12. The fourth-order valence-electron chi connectivity index (χ4n) is 2.26. The largest absolute Gasteiger partial charge is 0.390 e. The molecule has 5 heteroatoms. The van der Waals surface area contributed by atoms with Crippen LogP contribution in [-0.4, -0.2) is 21.5 Å². The van der Waals surface area contributed by atoms with Gasteiger partial charge in [0.25, 0.3) is 0 Å². The average Bonchev–Trinajstić information content (AvgIpc) is 2.85. The Morgan fingerprint density at radius 1 is 1.25 bits per heavy atom. The topological polar surface area (TPSA) is 40.8 Å². The second-order valence-corrected chi connectivity index (χ2v) is 4.51. The number of aromatic nitrogens is 2. The summed E-state index contributed by atoms with van der Waals surface area (Å²) in [6, 6.07) is 11.9. The highest BCUT2D eigenvalue weighted by atomic mass is 19.1. The summed E-state index contributed by atoms with van der Waals surface area (Å²) in [5.41, 5.74) is 2.10. The molecule has 0 fully saturated rings. The maximum atomic E-state index is 13.3. The quantitative estimate of drug-likeness (QED) is 0.796. The molecular formula is C15H14FN3O. The highest BCUT2D eigenvalue weighted by Gasteiger charge is 2.16. The molecule has 0 aliphatic heterocycles. The van der Waals surface area contributed by atoms with Crippen LogP contribution in [0.15, 0.2) is 48.7 Å². The van der Waals surface area contributed by atoms with Crippen LogP contribution in [0.25, 0.3) is 5.65 Å². The van der Waals surface area contributed by atoms with Gasteiger partial charge in [0.2, 0.25) is 0 Å². The normalized spacial score (nSPS) is 10.9. The summed E-state index contributed by atoms with van der Waals surface area (Å²) in [6.07, 6.45) is 1.84. The molecule has 0 saturated heterocycles. The van der Waals surface area contributed by atoms with Crippen LogP contribution in [0.1, 0.15) is 5.69 Å². The number of benzene rings is 1. The molecule has 0 aliphatic rings. The minimum Gasteiger partial charge on any atom is -0.390 e. The third-order valence-electron chi connectivity index (χ3n) is 3.27. The number of fused-ring (bicyclic) bond motifs is 1. The third-order valence-corrected chi connectivity index (χ3v) is 3.27. The molecule has 1 N–H and O–H groups in total. The van der Waals surface area contributed by atoms with Gasteiger partial charge in [-0.15, -0.1) is 0 Å². The van der Waals surface area contributed by atoms with E-state index in [0.29, 0.717) is 17.2 Å². The number of aliphatic hydroxyl groups is 1. The maximum Gasteiger partial charge on any atom is 0.157 e. The number of rotatable bonds is 3. The molecular weight excluding hydrogens is 257 g/mol. The molecule has 3 rings (SSSR count). The van der Waals surface area contributed by atoms with E-state index in [0.717, 1.165) is 5.65 Å². The number of hydrogen-bond donors (Lipinski definition) is 1. The maximum absolute atomic E-state index is 13.3. The molecule has 4 nitrogen and oxygen atoms in total. The SMILES string of the molecule is CN(c1cccc(F)c1)c1nc2ccccn2c1CO. The van der Waals surface area contributed by atoms with E-state index in [9.17, 15) is 9.50 Å². The fourth-order valence-corrected chi connectivity index (χ4v) is 2.26. The molecule has 102 valence electrons. The Morgan fingerprint density at radius 2 is 2.10 bits per heavy atom. The lowest BCUT2D eigenvalue weighted by molar-refractivity contribution is 0.276. The molecule has 0 amide bonds. The van der Waals surface area contributed by atoms with Crippen molar-refractivity contribution in [1.82, 2.24) is 9.38 Å². The predicted molar refractivity (Wildman–Crippen MR) is 75.6 cm³/mol. The molecule has 0 bridgehead atoms. The summed E-state index contributed by atoms with van der Waals surface area (Å²) in [7, 11) is 1.80. The second-order valence-electron chi connectivity index (χ2n) is 4.51. The van der Waals surface area contributed by atoms with Gasteiger partial charge in [0.15, 0.2) is 5.82 Å². The molecule has 20 heavy (non-hydrogen) atoms. The minimum atomic E-state index is -0.302. The van der Waals surface area contributed by atoms with Gasteiger partial charge in [-0.05, 0) is 30.3 Å². The van der Waals surface area contributed by atoms with Crippen LogP contribution in [0.4, 0.5) is 15.9 Å². The summed E-state index contributed by atoms with van der Waals surface area (Å²) >= 11 is 0. The number of nitrogens with zero attached hydrogens (tertiary/aromatic N) is 3. The first kappa shape index (κ1) is 12.6. The molecule has 0 radical (unpaired) electrons. The van der Waals surface area contributed by atoms with Crippen LogP contribution in [0, 0.1) is 5.82 Å². The van der Waals surface area contributed by atoms with Gasteiger partial charge in [-0.1, -0.05) is 12.1 Å². The van der Waals surface area contributed by atoms with E-state index in [-0.39, 0.29) is 12.4 Å². The van der Waals surface area contributed by atoms with Crippen molar-refractivity contribution < 1.29 is 9.50 Å². The van der Waals surface area contributed by atoms with Gasteiger partial charge in [0.05, 0.1) is 12.3 Å². The number of hydrogen-bond acceptors (Lipinski definition) is 3. The molecule has 0 spiro atoms. The van der Waals surface area contributed by atoms with Crippen molar-refractivity contribution in [3.8, 4) is 0 Å². The van der Waals surface area contributed by atoms with Crippen LogP contribution < -0.4 is 4.90 Å². The molecule has 0 aliphatic carbocycles. The lowest BCUT2D eigenvalue weighted by Gasteiger charge is -2.18. The van der Waals surface area contributed by atoms with Crippen molar-refractivity contribution in [2.24, 2.45) is 0 Å². The highest BCUT2D eigenvalue weighted by Crippen LogP contribution is 2.27. The summed E-state index contributed by atoms with van der Waals surface area (Å²) in [4.78, 5) is 6.26. The van der Waals surface area contributed by atoms with E-state index in [1.807, 2.05) is 28.8 Å². The Balaban J connectivity index is 2.14. The van der Waals surface area contributed by atoms with Crippen LogP contribution >= 0.6 is 0 Å². The first-order valence-electron chi connectivity index (χ1n) is 6.27. The van der Waals surface area contributed by atoms with Crippen molar-refractivity contribution in [2.75, 3.05) is 11.9 Å². The number of anilines is 2. The van der Waals surface area contributed by atoms with Crippen molar-refractivity contribution >= 4 is 17.2 Å². The summed E-state index contributed by atoms with van der Waals surface area (Å²) in [5.74, 6) is 0.313. The van der Waals surface area contributed by atoms with Gasteiger partial charge >= 0.3 is 0 Å². The van der Waals surface area contributed by atoms with Gasteiger partial charge in [-0.25, -0.2) is 9.37 Å². The Kier molecular flexibility index (Phi) is 3.12. The van der Waals surface area contributed by atoms with E-state index in [2.05, 4.69) is 4.98 Å². The number of halogens is 1. The van der Waals surface area contributed by atoms with Crippen LogP contribution in [0.5, 0.6) is 0 Å². The summed E-state index contributed by atoms with van der Waals surface area (Å²) in [5, 5.41) is 9.59. The van der Waals surface area contributed by atoms with Crippen LogP contribution in [0.3, 0.4) is 0 Å². The molecule has 1 aromatic carbocycles. The van der Waals surface area contributed by atoms with Crippen molar-refractivity contribution in [3.63, 3.8) is 0 Å². The van der Waals surface area contributed by atoms with Crippen LogP contribution in [0.2, 0.25) is 0 Å². The van der Waals surface area contributed by atoms with E-state index in [1.54, 1.807) is 24.1 Å². The van der Waals surface area contributed by atoms with Crippen molar-refractivity contribution in [2.45, 2.75) is 6.61 Å². The van der Waals surface area contributed by atoms with Gasteiger partial charge in [-0.3, -0.25) is 4.40 Å². The summed E-state index contributed by atoms with van der Waals surface area (Å²) < 4.78 is 15.2. The van der Waals surface area contributed by atoms with E-state index < -0.39 is 0 Å². The molecule has 0 unspecified atom stereocenters. The fraction of sp³-hybridized carbons (Fsp3) is 0.133. The third kappa shape index (κ3) is 2.02. The summed E-state index contributed by atoms with van der Waals surface area (Å²) in [6.45, 7) is -0.139. The van der Waals surface area contributed by atoms with Gasteiger partial charge in [0.1, 0.15) is 11.5 Å². The van der Waals surface area contributed by atoms with Crippen molar-refractivity contribution in [1.29, 1.82) is 0 Å². The second kappa shape index (κ2) is 4.94. The van der Waals surface area contributed by atoms with E-state index in [1.165, 1.54) is 12.1 Å². The Bertz CT molecular complexity index is 754. The van der Waals surface area contributed by atoms with E-state index in [4.69, 9.17) is 0 Å². The van der Waals surface area contributed by atoms with Gasteiger partial charge in [-0.2, -0.15) is 0 Å². The number of imidazole rings is 1. The predicted octanol–water partition coefficient (Wildman–Crippen LogP) is 2.73. The molecule has 2 aromatic heterocycles. The average molecular weight is 271 g/mol. The smallest absolute Gasteiger partial charge is 0.157 e. The Labute approximate surface area is 115 Å². The van der Waals surface area contributed by atoms with Crippen molar-refractivity contribution in [3.05, 3.63) is 60.2 Å². The first-order chi connectivity index (χ1) is 9.70. The number of pyridine rings is 1. The Morgan fingerprint density at radius 3 is 2.85 bits per heavy atom. The lowest BCUT2D eigenvalue weighted by atomic mass is 10.3. The zero-order valence-corrected chi connectivity index (χ0v) is 11.0. The van der Waals surface area contributed by atoms with Crippen LogP contribution in [-0.2, 0) is 6.61 Å². The highest BCUT2D eigenvalue weighted by molar-refractivity contribution is 5.65. The molecule has 3 aromatic rings. The van der Waals surface area contributed by atoms with Gasteiger partial charge in [0, 0.05) is 18.9 Å². The molecule has 2 heterocycles. The molecule has 0 saturated carbocycles. The standard InChI is InChI=1S/C15H14FN3O/c1-18(12-6-4-5-11(16)9-12)15-13(10-20)19-8-3-2-7-14(19)17-15/h2-9,20H,10H2,1H3. The zero-order valence-electron chi connectivity index (χ0n) is 11.0. The van der Waals surface area contributed by atoms with E-state index >= 15 is 0 Å². The zero-order chi connectivity index (χ0) is 14.1. The first-order valence-corrected chi connectivity index (χ1v) is 6.27. The molecule has 0 atom stereocenters. The Hall–Kier alpha value is -2.40.